The predicted octanol–water partition coefficient (Wildman–Crippen LogP) is 2.31. The maximum atomic E-state index is 13.5. The molecule has 0 saturated carbocycles. The first kappa shape index (κ1) is 12.0. The molecule has 1 atom stereocenters. The van der Waals surface area contributed by atoms with Gasteiger partial charge in [-0.15, -0.1) is 5.10 Å². The van der Waals surface area contributed by atoms with Crippen molar-refractivity contribution in [1.29, 1.82) is 0 Å². The fraction of sp³-hybridized carbons (Fsp3) is 0.200. The monoisotopic (exact) mass is 259 g/mol. The molecular weight excluding hydrogens is 251 g/mol. The molecule has 0 bridgehead atoms. The Morgan fingerprint density at radius 3 is 2.53 bits per heavy atom. The molecule has 0 aliphatic carbocycles. The summed E-state index contributed by atoms with van der Waals surface area (Å²) in [6.07, 6.45) is 0. The largest absolute Gasteiger partial charge is 0.319 e. The number of rotatable bonds is 2. The molecule has 1 aromatic carbocycles. The summed E-state index contributed by atoms with van der Waals surface area (Å²) in [6.45, 7) is 1.66. The summed E-state index contributed by atoms with van der Waals surface area (Å²) in [6, 6.07) is 1.07. The highest BCUT2D eigenvalue weighted by atomic mass is 32.1. The van der Waals surface area contributed by atoms with Crippen molar-refractivity contribution < 1.29 is 13.2 Å². The van der Waals surface area contributed by atoms with E-state index in [0.717, 1.165) is 23.7 Å². The normalized spacial score (nSPS) is 12.8. The van der Waals surface area contributed by atoms with Gasteiger partial charge in [0.25, 0.3) is 0 Å². The Bertz CT molecular complexity index is 556. The number of nitrogens with zero attached hydrogens (tertiary/aromatic N) is 2. The van der Waals surface area contributed by atoms with Crippen molar-refractivity contribution >= 4 is 11.5 Å². The summed E-state index contributed by atoms with van der Waals surface area (Å²) < 4.78 is 43.0. The van der Waals surface area contributed by atoms with E-state index in [9.17, 15) is 13.2 Å². The van der Waals surface area contributed by atoms with Crippen LogP contribution in [0.1, 0.15) is 22.2 Å². The van der Waals surface area contributed by atoms with E-state index in [2.05, 4.69) is 9.59 Å². The molecule has 3 nitrogen and oxygen atoms in total. The molecule has 0 amide bonds. The van der Waals surface area contributed by atoms with Crippen LogP contribution in [0.5, 0.6) is 0 Å². The lowest BCUT2D eigenvalue weighted by atomic mass is 10.0. The summed E-state index contributed by atoms with van der Waals surface area (Å²) in [7, 11) is 0. The van der Waals surface area contributed by atoms with Gasteiger partial charge in [-0.25, -0.2) is 13.2 Å². The molecule has 0 aliphatic heterocycles. The third kappa shape index (κ3) is 2.03. The first-order valence-corrected chi connectivity index (χ1v) is 5.47. The van der Waals surface area contributed by atoms with Crippen LogP contribution in [-0.2, 0) is 0 Å². The van der Waals surface area contributed by atoms with Crippen molar-refractivity contribution in [3.63, 3.8) is 0 Å². The van der Waals surface area contributed by atoms with Crippen molar-refractivity contribution in [2.24, 2.45) is 5.73 Å². The Labute approximate surface area is 99.2 Å². The molecular formula is C10H8F3N3S. The SMILES string of the molecule is Cc1nnsc1C(N)c1ccc(F)c(F)c1F. The number of hydrogen-bond acceptors (Lipinski definition) is 4. The van der Waals surface area contributed by atoms with Gasteiger partial charge in [0.15, 0.2) is 17.5 Å². The van der Waals surface area contributed by atoms with Gasteiger partial charge < -0.3 is 5.73 Å². The predicted molar refractivity (Wildman–Crippen MR) is 57.0 cm³/mol. The molecule has 1 aromatic heterocycles. The molecule has 0 fully saturated rings. The number of halogens is 3. The fourth-order valence-electron chi connectivity index (χ4n) is 1.45. The van der Waals surface area contributed by atoms with Gasteiger partial charge in [-0.3, -0.25) is 0 Å². The molecule has 0 aliphatic rings. The maximum Gasteiger partial charge on any atom is 0.194 e. The summed E-state index contributed by atoms with van der Waals surface area (Å²) in [4.78, 5) is 0.523. The molecule has 2 aromatic rings. The molecule has 2 rings (SSSR count). The third-order valence-electron chi connectivity index (χ3n) is 2.37. The Balaban J connectivity index is 2.48. The smallest absolute Gasteiger partial charge is 0.194 e. The van der Waals surface area contributed by atoms with Crippen LogP contribution in [0.2, 0.25) is 0 Å². The zero-order chi connectivity index (χ0) is 12.6. The van der Waals surface area contributed by atoms with Crippen molar-refractivity contribution in [2.45, 2.75) is 13.0 Å². The average molecular weight is 259 g/mol. The molecule has 90 valence electrons. The minimum absolute atomic E-state index is 0.113. The number of nitrogens with two attached hydrogens (primary N) is 1. The zero-order valence-electron chi connectivity index (χ0n) is 8.75. The lowest BCUT2D eigenvalue weighted by molar-refractivity contribution is 0.438. The van der Waals surface area contributed by atoms with Crippen LogP contribution in [0, 0.1) is 24.4 Å². The first-order valence-electron chi connectivity index (χ1n) is 4.70. The summed E-state index contributed by atoms with van der Waals surface area (Å²) in [5, 5.41) is 3.73. The van der Waals surface area contributed by atoms with Crippen LogP contribution in [0.4, 0.5) is 13.2 Å². The molecule has 2 N–H and O–H groups in total. The van der Waals surface area contributed by atoms with E-state index in [1.165, 1.54) is 0 Å². The molecule has 0 saturated heterocycles. The average Bonchev–Trinajstić information content (AvgIpc) is 2.72. The maximum absolute atomic E-state index is 13.5. The standard InChI is InChI=1S/C10H8F3N3S/c1-4-10(17-16-15-4)9(14)5-2-3-6(11)8(13)7(5)12/h2-3,9H,14H2,1H3. The summed E-state index contributed by atoms with van der Waals surface area (Å²) >= 11 is 1.00. The van der Waals surface area contributed by atoms with Crippen molar-refractivity contribution in [3.8, 4) is 0 Å². The summed E-state index contributed by atoms with van der Waals surface area (Å²) in [5.74, 6) is -4.03. The Hall–Kier alpha value is -1.47. The fourth-order valence-corrected chi connectivity index (χ4v) is 2.11. The van der Waals surface area contributed by atoms with Crippen LogP contribution >= 0.6 is 11.5 Å². The van der Waals surface area contributed by atoms with Gasteiger partial charge in [-0.05, 0) is 24.5 Å². The van der Waals surface area contributed by atoms with Crippen LogP contribution in [0.25, 0.3) is 0 Å². The van der Waals surface area contributed by atoms with Gasteiger partial charge in [0.05, 0.1) is 16.6 Å². The highest BCUT2D eigenvalue weighted by Crippen LogP contribution is 2.28. The minimum atomic E-state index is -1.52. The van der Waals surface area contributed by atoms with E-state index in [4.69, 9.17) is 5.73 Å². The lowest BCUT2D eigenvalue weighted by Gasteiger charge is -2.11. The number of hydrogen-bond donors (Lipinski definition) is 1. The second kappa shape index (κ2) is 4.42. The van der Waals surface area contributed by atoms with Gasteiger partial charge in [0.1, 0.15) is 0 Å². The zero-order valence-corrected chi connectivity index (χ0v) is 9.56. The highest BCUT2D eigenvalue weighted by Gasteiger charge is 2.22. The Morgan fingerprint density at radius 2 is 1.94 bits per heavy atom. The molecule has 1 heterocycles. The van der Waals surface area contributed by atoms with E-state index in [-0.39, 0.29) is 5.56 Å². The minimum Gasteiger partial charge on any atom is -0.319 e. The number of aromatic nitrogens is 2. The van der Waals surface area contributed by atoms with Gasteiger partial charge in [0.2, 0.25) is 0 Å². The number of aryl methyl sites for hydroxylation is 1. The third-order valence-corrected chi connectivity index (χ3v) is 3.28. The van der Waals surface area contributed by atoms with Crippen LogP contribution in [0.3, 0.4) is 0 Å². The second-order valence-corrected chi connectivity index (χ2v) is 4.25. The number of benzene rings is 1. The Morgan fingerprint density at radius 1 is 1.24 bits per heavy atom. The first-order chi connectivity index (χ1) is 8.02. The van der Waals surface area contributed by atoms with E-state index in [1.807, 2.05) is 0 Å². The van der Waals surface area contributed by atoms with Gasteiger partial charge in [0, 0.05) is 5.56 Å². The molecule has 7 heteroatoms. The van der Waals surface area contributed by atoms with E-state index in [0.29, 0.717) is 10.6 Å². The topological polar surface area (TPSA) is 51.8 Å². The molecule has 1 unspecified atom stereocenters. The van der Waals surface area contributed by atoms with E-state index >= 15 is 0 Å². The van der Waals surface area contributed by atoms with Gasteiger partial charge >= 0.3 is 0 Å². The van der Waals surface area contributed by atoms with Crippen LogP contribution < -0.4 is 5.73 Å². The lowest BCUT2D eigenvalue weighted by Crippen LogP contribution is -2.14. The van der Waals surface area contributed by atoms with Crippen molar-refractivity contribution in [3.05, 3.63) is 45.7 Å². The molecule has 17 heavy (non-hydrogen) atoms. The van der Waals surface area contributed by atoms with E-state index in [1.54, 1.807) is 6.92 Å². The van der Waals surface area contributed by atoms with E-state index < -0.39 is 23.5 Å². The van der Waals surface area contributed by atoms with Crippen LogP contribution in [-0.4, -0.2) is 9.59 Å². The summed E-state index contributed by atoms with van der Waals surface area (Å²) in [5.41, 5.74) is 6.22. The molecule has 0 radical (unpaired) electrons. The Kier molecular flexibility index (Phi) is 3.12. The quantitative estimate of drug-likeness (QED) is 0.842. The van der Waals surface area contributed by atoms with Gasteiger partial charge in [-0.1, -0.05) is 10.6 Å². The molecule has 0 spiro atoms. The van der Waals surface area contributed by atoms with Crippen molar-refractivity contribution in [1.82, 2.24) is 9.59 Å². The second-order valence-electron chi connectivity index (χ2n) is 3.46. The van der Waals surface area contributed by atoms with Gasteiger partial charge in [-0.2, -0.15) is 0 Å². The highest BCUT2D eigenvalue weighted by molar-refractivity contribution is 7.05. The van der Waals surface area contributed by atoms with Crippen molar-refractivity contribution in [2.75, 3.05) is 0 Å². The van der Waals surface area contributed by atoms with Crippen LogP contribution in [0.15, 0.2) is 12.1 Å².